The number of aromatic nitrogens is 1. The number of pyridine rings is 1. The third kappa shape index (κ3) is 3.23. The van der Waals surface area contributed by atoms with Gasteiger partial charge in [-0.2, -0.15) is 0 Å². The Hall–Kier alpha value is -2.47. The number of hydrogen-bond donors (Lipinski definition) is 2. The zero-order chi connectivity index (χ0) is 17.1. The summed E-state index contributed by atoms with van der Waals surface area (Å²) in [4.78, 5) is 5.46. The number of benzene rings is 2. The van der Waals surface area contributed by atoms with Crippen LogP contribution in [0, 0.1) is 5.82 Å². The summed E-state index contributed by atoms with van der Waals surface area (Å²) in [5.41, 5.74) is 8.94. The van der Waals surface area contributed by atoms with Gasteiger partial charge in [-0.25, -0.2) is 4.39 Å². The zero-order valence-corrected chi connectivity index (χ0v) is 14.3. The molecule has 3 N–H and O–H groups in total. The Morgan fingerprint density at radius 2 is 2.00 bits per heavy atom. The predicted molar refractivity (Wildman–Crippen MR) is 98.2 cm³/mol. The first kappa shape index (κ1) is 16.4. The Labute approximate surface area is 144 Å². The van der Waals surface area contributed by atoms with E-state index in [0.717, 1.165) is 5.56 Å². The summed E-state index contributed by atoms with van der Waals surface area (Å²) in [5, 5.41) is 3.93. The fourth-order valence-electron chi connectivity index (χ4n) is 2.50. The molecule has 0 saturated carbocycles. The quantitative estimate of drug-likeness (QED) is 0.677. The number of hydrogen-bond acceptors (Lipinski definition) is 5. The van der Waals surface area contributed by atoms with Crippen molar-refractivity contribution in [2.75, 3.05) is 24.4 Å². The molecular formula is C18H18FN3OS. The van der Waals surface area contributed by atoms with Crippen molar-refractivity contribution in [1.82, 2.24) is 4.98 Å². The van der Waals surface area contributed by atoms with Gasteiger partial charge in [0.2, 0.25) is 0 Å². The number of nitrogen functional groups attached to an aromatic ring is 1. The van der Waals surface area contributed by atoms with E-state index in [2.05, 4.69) is 34.6 Å². The van der Waals surface area contributed by atoms with Crippen LogP contribution in [0.25, 0.3) is 10.9 Å². The van der Waals surface area contributed by atoms with E-state index in [0.29, 0.717) is 28.8 Å². The molecule has 0 aliphatic heterocycles. The van der Waals surface area contributed by atoms with Gasteiger partial charge in [-0.1, -0.05) is 12.1 Å². The lowest BCUT2D eigenvalue weighted by Crippen LogP contribution is -2.04. The van der Waals surface area contributed by atoms with Gasteiger partial charge in [-0.3, -0.25) is 4.98 Å². The standard InChI is InChI=1S/C18H18FN3OS/c1-23-17-8-16-13(7-14(17)19)18(15(20)10-21-16)22-9-11-3-5-12(24-2)6-4-11/h3-8,10H,9,20H2,1-2H3,(H,21,22). The summed E-state index contributed by atoms with van der Waals surface area (Å²) < 4.78 is 19.1. The number of halogens is 1. The zero-order valence-electron chi connectivity index (χ0n) is 13.5. The van der Waals surface area contributed by atoms with Crippen molar-refractivity contribution in [3.63, 3.8) is 0 Å². The first-order chi connectivity index (χ1) is 11.6. The summed E-state index contributed by atoms with van der Waals surface area (Å²) in [5.74, 6) is -0.275. The van der Waals surface area contributed by atoms with Gasteiger partial charge >= 0.3 is 0 Å². The molecule has 3 aromatic rings. The molecule has 0 bridgehead atoms. The van der Waals surface area contributed by atoms with Crippen molar-refractivity contribution in [3.05, 3.63) is 54.0 Å². The van der Waals surface area contributed by atoms with Gasteiger partial charge in [0.15, 0.2) is 11.6 Å². The highest BCUT2D eigenvalue weighted by Gasteiger charge is 2.11. The molecule has 124 valence electrons. The van der Waals surface area contributed by atoms with Gasteiger partial charge in [0, 0.05) is 22.9 Å². The number of ether oxygens (including phenoxy) is 1. The van der Waals surface area contributed by atoms with Crippen LogP contribution in [0.15, 0.2) is 47.5 Å². The number of anilines is 2. The van der Waals surface area contributed by atoms with Crippen molar-refractivity contribution in [3.8, 4) is 5.75 Å². The lowest BCUT2D eigenvalue weighted by atomic mass is 10.1. The number of fused-ring (bicyclic) bond motifs is 1. The van der Waals surface area contributed by atoms with Gasteiger partial charge < -0.3 is 15.8 Å². The van der Waals surface area contributed by atoms with Crippen LogP contribution in [-0.2, 0) is 6.54 Å². The largest absolute Gasteiger partial charge is 0.494 e. The van der Waals surface area contributed by atoms with Crippen molar-refractivity contribution in [2.45, 2.75) is 11.4 Å². The molecule has 0 saturated heterocycles. The molecule has 0 unspecified atom stereocenters. The Balaban J connectivity index is 1.92. The van der Waals surface area contributed by atoms with Crippen molar-refractivity contribution in [2.24, 2.45) is 0 Å². The normalized spacial score (nSPS) is 10.8. The maximum atomic E-state index is 14.1. The highest BCUT2D eigenvalue weighted by Crippen LogP contribution is 2.32. The maximum absolute atomic E-state index is 14.1. The van der Waals surface area contributed by atoms with E-state index in [9.17, 15) is 4.39 Å². The van der Waals surface area contributed by atoms with Crippen LogP contribution in [0.1, 0.15) is 5.56 Å². The SMILES string of the molecule is COc1cc2ncc(N)c(NCc3ccc(SC)cc3)c2cc1F. The molecule has 0 spiro atoms. The molecule has 0 aliphatic carbocycles. The monoisotopic (exact) mass is 343 g/mol. The van der Waals surface area contributed by atoms with Crippen LogP contribution in [0.4, 0.5) is 15.8 Å². The highest BCUT2D eigenvalue weighted by molar-refractivity contribution is 7.98. The lowest BCUT2D eigenvalue weighted by molar-refractivity contribution is 0.387. The number of rotatable bonds is 5. The van der Waals surface area contributed by atoms with Crippen LogP contribution in [0.5, 0.6) is 5.75 Å². The minimum atomic E-state index is -0.440. The van der Waals surface area contributed by atoms with Gasteiger partial charge in [0.25, 0.3) is 0 Å². The Morgan fingerprint density at radius 1 is 1.25 bits per heavy atom. The summed E-state index contributed by atoms with van der Waals surface area (Å²) >= 11 is 1.70. The smallest absolute Gasteiger partial charge is 0.165 e. The Kier molecular flexibility index (Phi) is 4.76. The van der Waals surface area contributed by atoms with Crippen molar-refractivity contribution >= 4 is 34.0 Å². The van der Waals surface area contributed by atoms with E-state index in [1.54, 1.807) is 24.0 Å². The number of nitrogens with one attached hydrogen (secondary N) is 1. The van der Waals surface area contributed by atoms with E-state index in [1.165, 1.54) is 18.1 Å². The van der Waals surface area contributed by atoms with E-state index in [-0.39, 0.29) is 5.75 Å². The molecule has 0 amide bonds. The van der Waals surface area contributed by atoms with E-state index >= 15 is 0 Å². The van der Waals surface area contributed by atoms with Crippen LogP contribution < -0.4 is 15.8 Å². The van der Waals surface area contributed by atoms with Gasteiger partial charge in [0.1, 0.15) is 0 Å². The molecule has 1 heterocycles. The van der Waals surface area contributed by atoms with Crippen LogP contribution in [0.3, 0.4) is 0 Å². The topological polar surface area (TPSA) is 60.2 Å². The Morgan fingerprint density at radius 3 is 2.67 bits per heavy atom. The van der Waals surface area contributed by atoms with Crippen molar-refractivity contribution in [1.29, 1.82) is 0 Å². The number of nitrogens with two attached hydrogens (primary N) is 1. The van der Waals surface area contributed by atoms with Crippen LogP contribution in [0.2, 0.25) is 0 Å². The number of nitrogens with zero attached hydrogens (tertiary/aromatic N) is 1. The third-order valence-corrected chi connectivity index (χ3v) is 4.54. The minimum Gasteiger partial charge on any atom is -0.494 e. The fraction of sp³-hybridized carbons (Fsp3) is 0.167. The number of thioether (sulfide) groups is 1. The summed E-state index contributed by atoms with van der Waals surface area (Å²) in [6.45, 7) is 0.589. The molecule has 0 radical (unpaired) electrons. The second-order valence-electron chi connectivity index (χ2n) is 5.29. The first-order valence-corrected chi connectivity index (χ1v) is 8.63. The molecular weight excluding hydrogens is 325 g/mol. The fourth-order valence-corrected chi connectivity index (χ4v) is 2.90. The maximum Gasteiger partial charge on any atom is 0.165 e. The van der Waals surface area contributed by atoms with Crippen molar-refractivity contribution < 1.29 is 9.13 Å². The van der Waals surface area contributed by atoms with Crippen LogP contribution >= 0.6 is 11.8 Å². The summed E-state index contributed by atoms with van der Waals surface area (Å²) in [7, 11) is 1.43. The molecule has 0 atom stereocenters. The van der Waals surface area contributed by atoms with E-state index in [4.69, 9.17) is 10.5 Å². The van der Waals surface area contributed by atoms with E-state index in [1.807, 2.05) is 6.26 Å². The molecule has 4 nitrogen and oxygen atoms in total. The van der Waals surface area contributed by atoms with Gasteiger partial charge in [0.05, 0.1) is 30.2 Å². The molecule has 0 aliphatic rings. The third-order valence-electron chi connectivity index (χ3n) is 3.80. The average molecular weight is 343 g/mol. The Bertz CT molecular complexity index is 868. The molecule has 1 aromatic heterocycles. The van der Waals surface area contributed by atoms with Crippen LogP contribution in [-0.4, -0.2) is 18.3 Å². The average Bonchev–Trinajstić information content (AvgIpc) is 2.61. The summed E-state index contributed by atoms with van der Waals surface area (Å²) in [6.07, 6.45) is 3.61. The summed E-state index contributed by atoms with van der Waals surface area (Å²) in [6, 6.07) is 11.2. The lowest BCUT2D eigenvalue weighted by Gasteiger charge is -2.13. The van der Waals surface area contributed by atoms with E-state index < -0.39 is 5.82 Å². The molecule has 6 heteroatoms. The minimum absolute atomic E-state index is 0.165. The molecule has 2 aromatic carbocycles. The first-order valence-electron chi connectivity index (χ1n) is 7.41. The van der Waals surface area contributed by atoms with Gasteiger partial charge in [-0.15, -0.1) is 11.8 Å². The number of methoxy groups -OCH3 is 1. The van der Waals surface area contributed by atoms with Gasteiger partial charge in [-0.05, 0) is 30.0 Å². The molecule has 0 fully saturated rings. The second-order valence-corrected chi connectivity index (χ2v) is 6.17. The highest BCUT2D eigenvalue weighted by atomic mass is 32.2. The predicted octanol–water partition coefficient (Wildman–Crippen LogP) is 4.30. The molecule has 3 rings (SSSR count). The molecule has 24 heavy (non-hydrogen) atoms. The second kappa shape index (κ2) is 6.97.